The van der Waals surface area contributed by atoms with E-state index in [0.29, 0.717) is 27.4 Å². The molecule has 0 spiro atoms. The van der Waals surface area contributed by atoms with E-state index < -0.39 is 15.9 Å². The van der Waals surface area contributed by atoms with Gasteiger partial charge in [-0.2, -0.15) is 4.31 Å². The van der Waals surface area contributed by atoms with Crippen molar-refractivity contribution in [3.05, 3.63) is 94.5 Å². The number of hydrogen-bond acceptors (Lipinski definition) is 4. The Morgan fingerprint density at radius 1 is 0.938 bits per heavy atom. The number of nitrogens with zero attached hydrogens (tertiary/aromatic N) is 1. The minimum absolute atomic E-state index is 0.0486. The summed E-state index contributed by atoms with van der Waals surface area (Å²) in [5.41, 5.74) is 7.45. The monoisotopic (exact) mass is 471 g/mol. The average Bonchev–Trinajstić information content (AvgIpc) is 2.75. The maximum absolute atomic E-state index is 13.5. The number of nitrogens with one attached hydrogen (secondary N) is 1. The van der Waals surface area contributed by atoms with Gasteiger partial charge in [-0.1, -0.05) is 41.9 Å². The van der Waals surface area contributed by atoms with Crippen LogP contribution in [0, 0.1) is 0 Å². The van der Waals surface area contributed by atoms with Crippen molar-refractivity contribution in [2.75, 3.05) is 5.32 Å². The summed E-state index contributed by atoms with van der Waals surface area (Å²) >= 11 is 6.28. The molecule has 9 heteroatoms. The number of amides is 2. The molecule has 32 heavy (non-hydrogen) atoms. The third kappa shape index (κ3) is 5.73. The predicted octanol–water partition coefficient (Wildman–Crippen LogP) is 3.79. The van der Waals surface area contributed by atoms with Crippen molar-refractivity contribution in [3.63, 3.8) is 0 Å². The second-order valence-corrected chi connectivity index (χ2v) is 9.48. The molecule has 0 unspecified atom stereocenters. The maximum atomic E-state index is 13.5. The molecule has 3 N–H and O–H groups in total. The summed E-state index contributed by atoms with van der Waals surface area (Å²) in [7, 11) is -3.92. The number of rotatable bonds is 8. The second kappa shape index (κ2) is 9.95. The zero-order valence-electron chi connectivity index (χ0n) is 17.3. The molecule has 166 valence electrons. The fourth-order valence-electron chi connectivity index (χ4n) is 3.08. The van der Waals surface area contributed by atoms with Gasteiger partial charge >= 0.3 is 0 Å². The van der Waals surface area contributed by atoms with Crippen LogP contribution in [-0.4, -0.2) is 24.5 Å². The predicted molar refractivity (Wildman–Crippen MR) is 124 cm³/mol. The summed E-state index contributed by atoms with van der Waals surface area (Å²) in [4.78, 5) is 22.6. The molecule has 0 saturated heterocycles. The molecule has 0 heterocycles. The lowest BCUT2D eigenvalue weighted by atomic mass is 10.1. The fourth-order valence-corrected chi connectivity index (χ4v) is 4.68. The van der Waals surface area contributed by atoms with Crippen LogP contribution in [0.5, 0.6) is 0 Å². The van der Waals surface area contributed by atoms with Gasteiger partial charge in [0.05, 0.1) is 4.90 Å². The summed E-state index contributed by atoms with van der Waals surface area (Å²) < 4.78 is 28.3. The van der Waals surface area contributed by atoms with Crippen LogP contribution in [0.1, 0.15) is 28.4 Å². The summed E-state index contributed by atoms with van der Waals surface area (Å²) in [6.07, 6.45) is 0. The van der Waals surface area contributed by atoms with E-state index in [4.69, 9.17) is 17.3 Å². The third-order valence-electron chi connectivity index (χ3n) is 4.71. The summed E-state index contributed by atoms with van der Waals surface area (Å²) in [6, 6.07) is 19.4. The average molecular weight is 472 g/mol. The molecule has 0 aromatic heterocycles. The van der Waals surface area contributed by atoms with Crippen LogP contribution in [-0.2, 0) is 27.9 Å². The first kappa shape index (κ1) is 23.5. The van der Waals surface area contributed by atoms with Gasteiger partial charge in [0.2, 0.25) is 21.8 Å². The van der Waals surface area contributed by atoms with Crippen molar-refractivity contribution in [1.82, 2.24) is 4.31 Å². The van der Waals surface area contributed by atoms with Crippen LogP contribution < -0.4 is 11.1 Å². The van der Waals surface area contributed by atoms with E-state index in [-0.39, 0.29) is 23.9 Å². The lowest BCUT2D eigenvalue weighted by Gasteiger charge is -2.23. The van der Waals surface area contributed by atoms with E-state index in [0.717, 1.165) is 0 Å². The van der Waals surface area contributed by atoms with Gasteiger partial charge < -0.3 is 11.1 Å². The number of nitrogens with two attached hydrogens (primary N) is 1. The smallest absolute Gasteiger partial charge is 0.248 e. The highest BCUT2D eigenvalue weighted by atomic mass is 35.5. The van der Waals surface area contributed by atoms with Crippen molar-refractivity contribution in [2.24, 2.45) is 5.73 Å². The molecule has 2 amide bonds. The number of anilines is 1. The van der Waals surface area contributed by atoms with Gasteiger partial charge in [-0.3, -0.25) is 9.59 Å². The largest absolute Gasteiger partial charge is 0.366 e. The lowest BCUT2D eigenvalue weighted by Crippen LogP contribution is -2.30. The summed E-state index contributed by atoms with van der Waals surface area (Å²) in [5.74, 6) is -0.809. The SMILES string of the molecule is CC(=O)Nc1ccc(S(=O)(=O)N(Cc2ccc(C(N)=O)cc2)Cc2ccccc2Cl)cc1. The third-order valence-corrected chi connectivity index (χ3v) is 6.89. The molecule has 0 fully saturated rings. The Balaban J connectivity index is 1.95. The number of halogens is 1. The number of benzene rings is 3. The maximum Gasteiger partial charge on any atom is 0.248 e. The minimum atomic E-state index is -3.92. The molecule has 7 nitrogen and oxygen atoms in total. The van der Waals surface area contributed by atoms with Crippen molar-refractivity contribution in [3.8, 4) is 0 Å². The summed E-state index contributed by atoms with van der Waals surface area (Å²) in [6.45, 7) is 1.48. The molecule has 0 saturated carbocycles. The van der Waals surface area contributed by atoms with Gasteiger partial charge in [-0.25, -0.2) is 8.42 Å². The quantitative estimate of drug-likeness (QED) is 0.520. The van der Waals surface area contributed by atoms with Gasteiger partial charge in [0, 0.05) is 36.3 Å². The Kier molecular flexibility index (Phi) is 7.29. The van der Waals surface area contributed by atoms with Crippen LogP contribution in [0.2, 0.25) is 5.02 Å². The van der Waals surface area contributed by atoms with Crippen molar-refractivity contribution in [1.29, 1.82) is 0 Å². The Morgan fingerprint density at radius 3 is 2.12 bits per heavy atom. The van der Waals surface area contributed by atoms with E-state index in [1.165, 1.54) is 35.5 Å². The Bertz CT molecular complexity index is 1230. The Morgan fingerprint density at radius 2 is 1.56 bits per heavy atom. The van der Waals surface area contributed by atoms with Gasteiger partial charge in [-0.15, -0.1) is 0 Å². The number of hydrogen-bond donors (Lipinski definition) is 2. The normalized spacial score (nSPS) is 11.3. The highest BCUT2D eigenvalue weighted by molar-refractivity contribution is 7.89. The molecular weight excluding hydrogens is 450 g/mol. The number of carbonyl (C=O) groups excluding carboxylic acids is 2. The van der Waals surface area contributed by atoms with E-state index in [9.17, 15) is 18.0 Å². The molecule has 0 bridgehead atoms. The Labute approximate surface area is 191 Å². The van der Waals surface area contributed by atoms with Gasteiger partial charge in [0.15, 0.2) is 0 Å². The fraction of sp³-hybridized carbons (Fsp3) is 0.130. The van der Waals surface area contributed by atoms with Crippen LogP contribution in [0.25, 0.3) is 0 Å². The minimum Gasteiger partial charge on any atom is -0.366 e. The van der Waals surface area contributed by atoms with Crippen molar-refractivity contribution >= 4 is 39.1 Å². The van der Waals surface area contributed by atoms with Gasteiger partial charge in [0.1, 0.15) is 0 Å². The van der Waals surface area contributed by atoms with Crippen LogP contribution in [0.4, 0.5) is 5.69 Å². The zero-order valence-corrected chi connectivity index (χ0v) is 18.9. The summed E-state index contributed by atoms with van der Waals surface area (Å²) in [5, 5.41) is 3.07. The molecule has 0 atom stereocenters. The number of sulfonamides is 1. The lowest BCUT2D eigenvalue weighted by molar-refractivity contribution is -0.114. The van der Waals surface area contributed by atoms with Crippen LogP contribution in [0.3, 0.4) is 0 Å². The highest BCUT2D eigenvalue weighted by Crippen LogP contribution is 2.25. The van der Waals surface area contributed by atoms with E-state index >= 15 is 0 Å². The molecule has 0 aliphatic rings. The van der Waals surface area contributed by atoms with E-state index in [1.54, 1.807) is 48.5 Å². The topological polar surface area (TPSA) is 110 Å². The van der Waals surface area contributed by atoms with Gasteiger partial charge in [0.25, 0.3) is 0 Å². The zero-order chi connectivity index (χ0) is 23.3. The molecule has 0 radical (unpaired) electrons. The number of primary amides is 1. The highest BCUT2D eigenvalue weighted by Gasteiger charge is 2.26. The molecule has 3 aromatic rings. The second-order valence-electron chi connectivity index (χ2n) is 7.13. The van der Waals surface area contributed by atoms with Crippen LogP contribution in [0.15, 0.2) is 77.7 Å². The number of carbonyl (C=O) groups is 2. The molecule has 3 rings (SSSR count). The first-order valence-corrected chi connectivity index (χ1v) is 11.5. The molecule has 3 aromatic carbocycles. The molecular formula is C23H22ClN3O4S. The van der Waals surface area contributed by atoms with E-state index in [2.05, 4.69) is 5.32 Å². The first-order chi connectivity index (χ1) is 15.2. The molecule has 0 aliphatic carbocycles. The first-order valence-electron chi connectivity index (χ1n) is 9.67. The Hall–Kier alpha value is -3.20. The van der Waals surface area contributed by atoms with Crippen molar-refractivity contribution in [2.45, 2.75) is 24.9 Å². The molecule has 0 aliphatic heterocycles. The van der Waals surface area contributed by atoms with Crippen molar-refractivity contribution < 1.29 is 18.0 Å². The standard InChI is InChI=1S/C23H22ClN3O4S/c1-16(28)26-20-10-12-21(13-11-20)32(30,31)27(15-19-4-2-3-5-22(19)24)14-17-6-8-18(9-7-17)23(25)29/h2-13H,14-15H2,1H3,(H2,25,29)(H,26,28). The van der Waals surface area contributed by atoms with Gasteiger partial charge in [-0.05, 0) is 53.6 Å². The van der Waals surface area contributed by atoms with E-state index in [1.807, 2.05) is 0 Å². The van der Waals surface area contributed by atoms with Crippen LogP contribution >= 0.6 is 11.6 Å².